The molecule has 128 valence electrons. The summed E-state index contributed by atoms with van der Waals surface area (Å²) < 4.78 is 0. The molecular formula is C19H29ClN2O. The first-order valence-corrected chi connectivity index (χ1v) is 8.60. The third kappa shape index (κ3) is 4.48. The Kier molecular flexibility index (Phi) is 6.10. The average Bonchev–Trinajstić information content (AvgIpc) is 2.76. The van der Waals surface area contributed by atoms with Crippen LogP contribution in [0.5, 0.6) is 0 Å². The number of carbonyl (C=O) groups is 1. The van der Waals surface area contributed by atoms with Crippen molar-refractivity contribution in [2.24, 2.45) is 5.92 Å². The Morgan fingerprint density at radius 1 is 1.13 bits per heavy atom. The summed E-state index contributed by atoms with van der Waals surface area (Å²) in [5, 5.41) is 6.78. The summed E-state index contributed by atoms with van der Waals surface area (Å²) >= 11 is 0. The van der Waals surface area contributed by atoms with E-state index in [0.717, 1.165) is 0 Å². The second-order valence-corrected chi connectivity index (χ2v) is 7.33. The topological polar surface area (TPSA) is 41.1 Å². The highest BCUT2D eigenvalue weighted by atomic mass is 35.5. The Labute approximate surface area is 146 Å². The highest BCUT2D eigenvalue weighted by Gasteiger charge is 2.34. The van der Waals surface area contributed by atoms with Gasteiger partial charge in [-0.3, -0.25) is 4.79 Å². The Morgan fingerprint density at radius 2 is 1.70 bits per heavy atom. The van der Waals surface area contributed by atoms with Crippen LogP contribution in [-0.4, -0.2) is 18.0 Å². The van der Waals surface area contributed by atoms with Crippen molar-refractivity contribution in [2.75, 3.05) is 0 Å². The van der Waals surface area contributed by atoms with E-state index < -0.39 is 0 Å². The number of carbonyl (C=O) groups excluding carboxylic acids is 1. The zero-order valence-corrected chi connectivity index (χ0v) is 15.3. The van der Waals surface area contributed by atoms with E-state index in [1.54, 1.807) is 0 Å². The molecule has 1 aromatic carbocycles. The van der Waals surface area contributed by atoms with Gasteiger partial charge in [-0.2, -0.15) is 0 Å². The van der Waals surface area contributed by atoms with Crippen LogP contribution in [0.4, 0.5) is 0 Å². The third-order valence-electron chi connectivity index (χ3n) is 5.35. The van der Waals surface area contributed by atoms with E-state index in [0.29, 0.717) is 31.0 Å². The minimum absolute atomic E-state index is 0. The lowest BCUT2D eigenvalue weighted by atomic mass is 9.89. The van der Waals surface area contributed by atoms with Crippen LogP contribution in [0.15, 0.2) is 12.1 Å². The fourth-order valence-electron chi connectivity index (χ4n) is 4.35. The van der Waals surface area contributed by atoms with Crippen molar-refractivity contribution in [1.29, 1.82) is 0 Å². The van der Waals surface area contributed by atoms with E-state index in [1.165, 1.54) is 47.9 Å². The summed E-state index contributed by atoms with van der Waals surface area (Å²) in [5.41, 5.74) is 5.11. The summed E-state index contributed by atoms with van der Waals surface area (Å²) in [6.45, 7) is 7.04. The van der Waals surface area contributed by atoms with Gasteiger partial charge in [-0.25, -0.2) is 0 Å². The van der Waals surface area contributed by atoms with Crippen molar-refractivity contribution < 1.29 is 4.79 Å². The van der Waals surface area contributed by atoms with Crippen molar-refractivity contribution in [1.82, 2.24) is 10.6 Å². The van der Waals surface area contributed by atoms with E-state index in [1.807, 2.05) is 0 Å². The highest BCUT2D eigenvalue weighted by molar-refractivity contribution is 5.85. The first-order chi connectivity index (χ1) is 10.5. The number of amides is 1. The Hall–Kier alpha value is -1.06. The average molecular weight is 337 g/mol. The summed E-state index contributed by atoms with van der Waals surface area (Å²) in [7, 11) is 0. The van der Waals surface area contributed by atoms with Crippen molar-refractivity contribution in [3.05, 3.63) is 34.4 Å². The lowest BCUT2D eigenvalue weighted by Crippen LogP contribution is -2.39. The molecule has 2 aliphatic rings. The maximum Gasteiger partial charge on any atom is 0.220 e. The molecule has 2 fully saturated rings. The zero-order chi connectivity index (χ0) is 15.7. The number of rotatable bonds is 4. The van der Waals surface area contributed by atoms with Crippen molar-refractivity contribution in [3.8, 4) is 0 Å². The maximum absolute atomic E-state index is 12.3. The molecule has 2 aliphatic heterocycles. The lowest BCUT2D eigenvalue weighted by Gasteiger charge is -2.28. The third-order valence-corrected chi connectivity index (χ3v) is 5.35. The molecule has 0 aliphatic carbocycles. The fourth-order valence-corrected chi connectivity index (χ4v) is 4.35. The van der Waals surface area contributed by atoms with E-state index >= 15 is 0 Å². The lowest BCUT2D eigenvalue weighted by molar-refractivity contribution is -0.122. The van der Waals surface area contributed by atoms with Gasteiger partial charge in [-0.1, -0.05) is 17.7 Å². The number of piperidine rings is 1. The van der Waals surface area contributed by atoms with E-state index in [-0.39, 0.29) is 18.3 Å². The predicted molar refractivity (Wildman–Crippen MR) is 97.0 cm³/mol. The number of halogens is 1. The van der Waals surface area contributed by atoms with Gasteiger partial charge >= 0.3 is 0 Å². The quantitative estimate of drug-likeness (QED) is 0.882. The van der Waals surface area contributed by atoms with Crippen LogP contribution in [0.25, 0.3) is 0 Å². The summed E-state index contributed by atoms with van der Waals surface area (Å²) in [6.07, 6.45) is 5.63. The molecule has 2 saturated heterocycles. The normalized spacial score (nSPS) is 25.8. The molecule has 0 radical (unpaired) electrons. The molecule has 0 aromatic heterocycles. The number of hydrogen-bond donors (Lipinski definition) is 2. The van der Waals surface area contributed by atoms with Crippen LogP contribution in [0.2, 0.25) is 0 Å². The number of nitrogens with one attached hydrogen (secondary N) is 2. The van der Waals surface area contributed by atoms with Crippen LogP contribution >= 0.6 is 12.4 Å². The van der Waals surface area contributed by atoms with Gasteiger partial charge < -0.3 is 10.6 Å². The van der Waals surface area contributed by atoms with Gasteiger partial charge in [0, 0.05) is 25.0 Å². The van der Waals surface area contributed by atoms with Crippen LogP contribution in [0.3, 0.4) is 0 Å². The molecule has 2 heterocycles. The summed E-state index contributed by atoms with van der Waals surface area (Å²) in [4.78, 5) is 12.3. The van der Waals surface area contributed by atoms with Crippen LogP contribution in [-0.2, 0) is 11.3 Å². The van der Waals surface area contributed by atoms with E-state index in [2.05, 4.69) is 43.5 Å². The molecular weight excluding hydrogens is 308 g/mol. The second-order valence-electron chi connectivity index (χ2n) is 7.33. The minimum atomic E-state index is 0. The van der Waals surface area contributed by atoms with Gasteiger partial charge in [-0.05, 0) is 69.1 Å². The number of fused-ring (bicyclic) bond motifs is 2. The van der Waals surface area contributed by atoms with Gasteiger partial charge in [0.25, 0.3) is 0 Å². The molecule has 2 unspecified atom stereocenters. The number of hydrogen-bond acceptors (Lipinski definition) is 2. The summed E-state index contributed by atoms with van der Waals surface area (Å²) in [6, 6.07) is 5.72. The van der Waals surface area contributed by atoms with Crippen LogP contribution in [0.1, 0.15) is 54.4 Å². The largest absolute Gasteiger partial charge is 0.352 e. The van der Waals surface area contributed by atoms with Gasteiger partial charge in [0.2, 0.25) is 5.91 Å². The zero-order valence-electron chi connectivity index (χ0n) is 14.4. The monoisotopic (exact) mass is 336 g/mol. The first-order valence-electron chi connectivity index (χ1n) is 8.60. The molecule has 4 heteroatoms. The van der Waals surface area contributed by atoms with E-state index in [9.17, 15) is 4.79 Å². The smallest absolute Gasteiger partial charge is 0.220 e. The Bertz CT molecular complexity index is 537. The van der Waals surface area contributed by atoms with Gasteiger partial charge in [0.15, 0.2) is 0 Å². The maximum atomic E-state index is 12.3. The number of aryl methyl sites for hydroxylation is 3. The SMILES string of the molecule is Cc1cc(C)c(CNC(=O)CC2CC3CCC(C2)N3)c(C)c1.Cl. The molecule has 23 heavy (non-hydrogen) atoms. The second kappa shape index (κ2) is 7.67. The number of benzene rings is 1. The van der Waals surface area contributed by atoms with Crippen molar-refractivity contribution in [2.45, 2.75) is 71.5 Å². The van der Waals surface area contributed by atoms with Gasteiger partial charge in [0.05, 0.1) is 0 Å². The van der Waals surface area contributed by atoms with Crippen molar-refractivity contribution >= 4 is 18.3 Å². The molecule has 2 atom stereocenters. The molecule has 3 nitrogen and oxygen atoms in total. The molecule has 1 aromatic rings. The molecule has 2 bridgehead atoms. The fraction of sp³-hybridized carbons (Fsp3) is 0.632. The Balaban J connectivity index is 0.00000192. The van der Waals surface area contributed by atoms with Crippen LogP contribution < -0.4 is 10.6 Å². The molecule has 0 spiro atoms. The van der Waals surface area contributed by atoms with E-state index in [4.69, 9.17) is 0 Å². The predicted octanol–water partition coefficient (Wildman–Crippen LogP) is 3.57. The molecule has 2 N–H and O–H groups in total. The molecule has 1 amide bonds. The highest BCUT2D eigenvalue weighted by Crippen LogP contribution is 2.32. The minimum Gasteiger partial charge on any atom is -0.352 e. The molecule has 0 saturated carbocycles. The summed E-state index contributed by atoms with van der Waals surface area (Å²) in [5.74, 6) is 0.782. The molecule has 3 rings (SSSR count). The van der Waals surface area contributed by atoms with Crippen LogP contribution in [0, 0.1) is 26.7 Å². The standard InChI is InChI=1S/C19H28N2O.ClH/c1-12-6-13(2)18(14(3)7-12)11-20-19(22)10-15-8-16-4-5-17(9-15)21-16;/h6-7,15-17,21H,4-5,8-11H2,1-3H3,(H,20,22);1H. The van der Waals surface area contributed by atoms with Gasteiger partial charge in [-0.15, -0.1) is 12.4 Å². The van der Waals surface area contributed by atoms with Gasteiger partial charge in [0.1, 0.15) is 0 Å². The van der Waals surface area contributed by atoms with Crippen molar-refractivity contribution in [3.63, 3.8) is 0 Å². The first kappa shape index (κ1) is 18.3. The Morgan fingerprint density at radius 3 is 2.26 bits per heavy atom.